The summed E-state index contributed by atoms with van der Waals surface area (Å²) in [5.41, 5.74) is 1.99. The van der Waals surface area contributed by atoms with Gasteiger partial charge in [0.05, 0.1) is 24.8 Å². The van der Waals surface area contributed by atoms with E-state index in [9.17, 15) is 19.1 Å². The van der Waals surface area contributed by atoms with Crippen LogP contribution in [0.4, 0.5) is 10.1 Å². The van der Waals surface area contributed by atoms with Gasteiger partial charge in [0, 0.05) is 50.4 Å². The number of anilines is 1. The van der Waals surface area contributed by atoms with Crippen LogP contribution in [0.5, 0.6) is 5.75 Å². The molecule has 0 radical (unpaired) electrons. The first kappa shape index (κ1) is 24.7. The highest BCUT2D eigenvalue weighted by Gasteiger charge is 2.29. The van der Waals surface area contributed by atoms with Crippen LogP contribution in [0.3, 0.4) is 0 Å². The van der Waals surface area contributed by atoms with Crippen molar-refractivity contribution in [3.05, 3.63) is 64.4 Å². The predicted octanol–water partition coefficient (Wildman–Crippen LogP) is 3.16. The number of nitrogens with zero attached hydrogens (tertiary/aromatic N) is 2. The second-order valence-electron chi connectivity index (χ2n) is 7.82. The molecule has 1 fully saturated rings. The van der Waals surface area contributed by atoms with Gasteiger partial charge in [-0.2, -0.15) is 0 Å². The van der Waals surface area contributed by atoms with Crippen LogP contribution in [0.25, 0.3) is 6.08 Å². The summed E-state index contributed by atoms with van der Waals surface area (Å²) in [7, 11) is 1.48. The Morgan fingerprint density at radius 1 is 1.27 bits per heavy atom. The third kappa shape index (κ3) is 6.54. The molecule has 1 aliphatic rings. The van der Waals surface area contributed by atoms with Crippen molar-refractivity contribution >= 4 is 35.2 Å². The Labute approximate surface area is 197 Å². The Hall–Kier alpha value is -2.94. The van der Waals surface area contributed by atoms with E-state index < -0.39 is 0 Å². The number of methoxy groups -OCH3 is 1. The number of halogens is 2. The topological polar surface area (TPSA) is 82.1 Å². The minimum absolute atomic E-state index is 0.175. The van der Waals surface area contributed by atoms with E-state index in [-0.39, 0.29) is 30.3 Å². The fourth-order valence-corrected chi connectivity index (χ4v) is 4.02. The first-order valence-corrected chi connectivity index (χ1v) is 10.9. The molecule has 9 heteroatoms. The SMILES string of the molecule is COc1cc(C=CC(=O)N2CCN(Cc3ccc(F)cc3)C[C@H]2CO)c(NC(C)=O)cc1Cl. The van der Waals surface area contributed by atoms with Crippen LogP contribution in [0, 0.1) is 5.82 Å². The Morgan fingerprint density at radius 3 is 2.64 bits per heavy atom. The predicted molar refractivity (Wildman–Crippen MR) is 126 cm³/mol. The summed E-state index contributed by atoms with van der Waals surface area (Å²) in [5.74, 6) is -0.386. The number of amides is 2. The summed E-state index contributed by atoms with van der Waals surface area (Å²) in [6.45, 7) is 3.38. The number of ether oxygens (including phenoxy) is 1. The molecule has 2 aromatic rings. The lowest BCUT2D eigenvalue weighted by atomic mass is 10.1. The molecular formula is C24H27ClFN3O4. The first-order valence-electron chi connectivity index (χ1n) is 10.5. The van der Waals surface area contributed by atoms with Gasteiger partial charge in [0.15, 0.2) is 0 Å². The zero-order valence-electron chi connectivity index (χ0n) is 18.6. The molecule has 1 atom stereocenters. The summed E-state index contributed by atoms with van der Waals surface area (Å²) in [5, 5.41) is 12.9. The van der Waals surface area contributed by atoms with Crippen molar-refractivity contribution in [2.75, 3.05) is 38.7 Å². The Bertz CT molecular complexity index is 1030. The monoisotopic (exact) mass is 475 g/mol. The van der Waals surface area contributed by atoms with Crippen molar-refractivity contribution in [1.29, 1.82) is 0 Å². The lowest BCUT2D eigenvalue weighted by Gasteiger charge is -2.40. The summed E-state index contributed by atoms with van der Waals surface area (Å²) < 4.78 is 18.4. The van der Waals surface area contributed by atoms with Crippen molar-refractivity contribution in [3.63, 3.8) is 0 Å². The molecule has 33 heavy (non-hydrogen) atoms. The van der Waals surface area contributed by atoms with Crippen molar-refractivity contribution < 1.29 is 23.8 Å². The van der Waals surface area contributed by atoms with Gasteiger partial charge in [-0.15, -0.1) is 0 Å². The Kier molecular flexibility index (Phi) is 8.43. The van der Waals surface area contributed by atoms with Gasteiger partial charge in [-0.1, -0.05) is 23.7 Å². The average Bonchev–Trinajstić information content (AvgIpc) is 2.79. The molecule has 7 nitrogen and oxygen atoms in total. The maximum atomic E-state index is 13.1. The highest BCUT2D eigenvalue weighted by molar-refractivity contribution is 6.32. The van der Waals surface area contributed by atoms with Gasteiger partial charge in [0.2, 0.25) is 11.8 Å². The number of carbonyl (C=O) groups is 2. The molecule has 1 saturated heterocycles. The molecule has 2 N–H and O–H groups in total. The van der Waals surface area contributed by atoms with Gasteiger partial charge < -0.3 is 20.1 Å². The largest absolute Gasteiger partial charge is 0.495 e. The highest BCUT2D eigenvalue weighted by Crippen LogP contribution is 2.32. The van der Waals surface area contributed by atoms with E-state index >= 15 is 0 Å². The van der Waals surface area contributed by atoms with Crippen LogP contribution in [-0.4, -0.2) is 66.1 Å². The van der Waals surface area contributed by atoms with E-state index in [0.717, 1.165) is 5.56 Å². The summed E-state index contributed by atoms with van der Waals surface area (Å²) >= 11 is 6.16. The highest BCUT2D eigenvalue weighted by atomic mass is 35.5. The summed E-state index contributed by atoms with van der Waals surface area (Å²) in [6, 6.07) is 9.14. The molecule has 1 heterocycles. The van der Waals surface area contributed by atoms with E-state index in [2.05, 4.69) is 10.2 Å². The number of rotatable bonds is 7. The summed E-state index contributed by atoms with van der Waals surface area (Å²) in [6.07, 6.45) is 3.00. The second-order valence-corrected chi connectivity index (χ2v) is 8.23. The standard InChI is InChI=1S/C24H27ClFN3O4/c1-16(31)27-22-12-21(25)23(33-2)11-18(22)5-8-24(32)29-10-9-28(14-20(29)15-30)13-17-3-6-19(26)7-4-17/h3-8,11-12,20,30H,9-10,13-15H2,1-2H3,(H,27,31)/t20-/m0/s1. The van der Waals surface area contributed by atoms with Crippen LogP contribution in [0.2, 0.25) is 5.02 Å². The van der Waals surface area contributed by atoms with Crippen LogP contribution < -0.4 is 10.1 Å². The lowest BCUT2D eigenvalue weighted by molar-refractivity contribution is -0.132. The fraction of sp³-hybridized carbons (Fsp3) is 0.333. The number of aliphatic hydroxyl groups is 1. The first-order chi connectivity index (χ1) is 15.8. The molecule has 0 spiro atoms. The van der Waals surface area contributed by atoms with E-state index in [1.54, 1.807) is 35.2 Å². The number of nitrogens with one attached hydrogen (secondary N) is 1. The maximum Gasteiger partial charge on any atom is 0.246 e. The van der Waals surface area contributed by atoms with E-state index in [1.807, 2.05) is 0 Å². The van der Waals surface area contributed by atoms with E-state index in [4.69, 9.17) is 16.3 Å². The Morgan fingerprint density at radius 2 is 2.00 bits per heavy atom. The maximum absolute atomic E-state index is 13.1. The van der Waals surface area contributed by atoms with Crippen LogP contribution in [0.15, 0.2) is 42.5 Å². The van der Waals surface area contributed by atoms with Crippen molar-refractivity contribution in [2.24, 2.45) is 0 Å². The van der Waals surface area contributed by atoms with Crippen molar-refractivity contribution in [2.45, 2.75) is 19.5 Å². The molecule has 0 aromatic heterocycles. The molecule has 2 amide bonds. The molecular weight excluding hydrogens is 449 g/mol. The third-order valence-electron chi connectivity index (χ3n) is 5.42. The van der Waals surface area contributed by atoms with Crippen LogP contribution in [-0.2, 0) is 16.1 Å². The number of hydrogen-bond donors (Lipinski definition) is 2. The molecule has 0 bridgehead atoms. The van der Waals surface area contributed by atoms with Gasteiger partial charge >= 0.3 is 0 Å². The van der Waals surface area contributed by atoms with Crippen LogP contribution >= 0.6 is 11.6 Å². The van der Waals surface area contributed by atoms with Gasteiger partial charge in [-0.3, -0.25) is 14.5 Å². The number of carbonyl (C=O) groups excluding carboxylic acids is 2. The molecule has 1 aliphatic heterocycles. The fourth-order valence-electron chi connectivity index (χ4n) is 3.78. The lowest BCUT2D eigenvalue weighted by Crippen LogP contribution is -2.55. The van der Waals surface area contributed by atoms with Crippen molar-refractivity contribution in [1.82, 2.24) is 9.80 Å². The van der Waals surface area contributed by atoms with Gasteiger partial charge in [0.25, 0.3) is 0 Å². The number of benzene rings is 2. The third-order valence-corrected chi connectivity index (χ3v) is 5.72. The Balaban J connectivity index is 1.70. The van der Waals surface area contributed by atoms with Gasteiger partial charge in [0.1, 0.15) is 11.6 Å². The second kappa shape index (κ2) is 11.3. The molecule has 176 valence electrons. The van der Waals surface area contributed by atoms with Crippen molar-refractivity contribution in [3.8, 4) is 5.75 Å². The number of piperazine rings is 1. The molecule has 0 unspecified atom stereocenters. The normalized spacial score (nSPS) is 16.8. The van der Waals surface area contributed by atoms with E-state index in [1.165, 1.54) is 32.2 Å². The molecule has 0 aliphatic carbocycles. The summed E-state index contributed by atoms with van der Waals surface area (Å²) in [4.78, 5) is 28.2. The molecule has 2 aromatic carbocycles. The molecule has 0 saturated carbocycles. The van der Waals surface area contributed by atoms with Crippen LogP contribution in [0.1, 0.15) is 18.1 Å². The zero-order chi connectivity index (χ0) is 24.0. The number of aliphatic hydroxyl groups excluding tert-OH is 1. The van der Waals surface area contributed by atoms with E-state index in [0.29, 0.717) is 48.2 Å². The van der Waals surface area contributed by atoms with Gasteiger partial charge in [-0.05, 0) is 35.9 Å². The molecule has 3 rings (SSSR count). The minimum Gasteiger partial charge on any atom is -0.495 e. The average molecular weight is 476 g/mol. The quantitative estimate of drug-likeness (QED) is 0.601. The number of hydrogen-bond acceptors (Lipinski definition) is 5. The minimum atomic E-state index is -0.370. The zero-order valence-corrected chi connectivity index (χ0v) is 19.3. The smallest absolute Gasteiger partial charge is 0.246 e. The van der Waals surface area contributed by atoms with Gasteiger partial charge in [-0.25, -0.2) is 4.39 Å².